The number of aliphatic carboxylic acids is 2. The van der Waals surface area contributed by atoms with Crippen molar-refractivity contribution in [2.45, 2.75) is 11.8 Å². The minimum atomic E-state index is -4.97. The van der Waals surface area contributed by atoms with Gasteiger partial charge in [-0.2, -0.15) is 17.6 Å². The zero-order valence-electron chi connectivity index (χ0n) is 8.39. The summed E-state index contributed by atoms with van der Waals surface area (Å²) in [7, 11) is 0. The average Bonchev–Trinajstić information content (AvgIpc) is 2.23. The van der Waals surface area contributed by atoms with Crippen molar-refractivity contribution in [1.29, 1.82) is 0 Å². The predicted molar refractivity (Wildman–Crippen MR) is 44.1 cm³/mol. The van der Waals surface area contributed by atoms with Gasteiger partial charge in [-0.3, -0.25) is 0 Å². The number of carbonyl (C=O) groups is 2. The summed E-state index contributed by atoms with van der Waals surface area (Å²) in [6.45, 7) is -5.43. The van der Waals surface area contributed by atoms with Crippen molar-refractivity contribution in [1.82, 2.24) is 0 Å². The van der Waals surface area contributed by atoms with Crippen molar-refractivity contribution in [3.8, 4) is 0 Å². The Morgan fingerprint density at radius 3 is 1.11 bits per heavy atom. The molecule has 0 aliphatic carbocycles. The van der Waals surface area contributed by atoms with Crippen molar-refractivity contribution in [2.75, 3.05) is 13.3 Å². The van der Waals surface area contributed by atoms with Crippen LogP contribution in [0.3, 0.4) is 0 Å². The lowest BCUT2D eigenvalue weighted by atomic mass is 9.97. The molecule has 0 radical (unpaired) electrons. The summed E-state index contributed by atoms with van der Waals surface area (Å²) < 4.78 is 75.1. The van der Waals surface area contributed by atoms with Gasteiger partial charge < -0.3 is 10.2 Å². The summed E-state index contributed by atoms with van der Waals surface area (Å²) in [5.74, 6) is -15.5. The molecule has 0 fully saturated rings. The third kappa shape index (κ3) is 3.14. The average molecular weight is 280 g/mol. The molecule has 18 heavy (non-hydrogen) atoms. The number of alkyl halides is 6. The lowest BCUT2D eigenvalue weighted by Gasteiger charge is -2.20. The van der Waals surface area contributed by atoms with Gasteiger partial charge in [0.05, 0.1) is 0 Å². The van der Waals surface area contributed by atoms with E-state index in [1.165, 1.54) is 0 Å². The Kier molecular flexibility index (Phi) is 4.76. The molecule has 0 heterocycles. The first kappa shape index (κ1) is 16.3. The fourth-order valence-electron chi connectivity index (χ4n) is 1.03. The molecule has 104 valence electrons. The fourth-order valence-corrected chi connectivity index (χ4v) is 1.03. The molecule has 0 atom stereocenters. The van der Waals surface area contributed by atoms with Gasteiger partial charge in [0.15, 0.2) is 13.3 Å². The van der Waals surface area contributed by atoms with Gasteiger partial charge in [-0.05, 0) is 0 Å². The largest absolute Gasteiger partial charge is 0.478 e. The molecule has 0 aliphatic heterocycles. The smallest absolute Gasteiger partial charge is 0.338 e. The zero-order chi connectivity index (χ0) is 14.7. The number of hydrogen-bond acceptors (Lipinski definition) is 2. The lowest BCUT2D eigenvalue weighted by molar-refractivity contribution is -0.142. The van der Waals surface area contributed by atoms with Crippen molar-refractivity contribution in [3.63, 3.8) is 0 Å². The maximum Gasteiger partial charge on any atom is 0.338 e. The number of halogens is 6. The summed E-state index contributed by atoms with van der Waals surface area (Å²) in [5, 5.41) is 16.6. The summed E-state index contributed by atoms with van der Waals surface area (Å²) in [6.07, 6.45) is 0. The Morgan fingerprint density at radius 1 is 0.778 bits per heavy atom. The van der Waals surface area contributed by atoms with Crippen LogP contribution in [-0.4, -0.2) is 47.3 Å². The summed E-state index contributed by atoms with van der Waals surface area (Å²) in [6, 6.07) is 0. The summed E-state index contributed by atoms with van der Waals surface area (Å²) in [5.41, 5.74) is -5.36. The van der Waals surface area contributed by atoms with E-state index < -0.39 is 48.3 Å². The molecule has 0 spiro atoms. The van der Waals surface area contributed by atoms with Gasteiger partial charge in [-0.1, -0.05) is 0 Å². The lowest BCUT2D eigenvalue weighted by Crippen LogP contribution is -2.37. The van der Waals surface area contributed by atoms with Crippen LogP contribution in [0.25, 0.3) is 0 Å². The third-order valence-electron chi connectivity index (χ3n) is 1.74. The molecule has 0 bridgehead atoms. The van der Waals surface area contributed by atoms with Gasteiger partial charge in [0.1, 0.15) is 11.1 Å². The molecule has 0 unspecified atom stereocenters. The Hall–Kier alpha value is -1.74. The van der Waals surface area contributed by atoms with Crippen LogP contribution >= 0.6 is 0 Å². The molecule has 0 saturated heterocycles. The fraction of sp³-hybridized carbons (Fsp3) is 0.500. The Labute approximate surface area is 95.5 Å². The first-order valence-corrected chi connectivity index (χ1v) is 4.10. The van der Waals surface area contributed by atoms with E-state index in [9.17, 15) is 35.9 Å². The number of rotatable bonds is 6. The molecule has 0 aliphatic rings. The molecular weight excluding hydrogens is 274 g/mol. The highest BCUT2D eigenvalue weighted by Gasteiger charge is 2.51. The number of hydrogen-bond donors (Lipinski definition) is 2. The highest BCUT2D eigenvalue weighted by atomic mass is 19.3. The van der Waals surface area contributed by atoms with E-state index in [2.05, 4.69) is 0 Å². The monoisotopic (exact) mass is 280 g/mol. The van der Waals surface area contributed by atoms with Crippen LogP contribution in [0.4, 0.5) is 26.3 Å². The Bertz CT molecular complexity index is 353. The first-order chi connectivity index (χ1) is 8.01. The topological polar surface area (TPSA) is 74.6 Å². The molecule has 4 nitrogen and oxygen atoms in total. The molecule has 0 aromatic carbocycles. The van der Waals surface area contributed by atoms with E-state index >= 15 is 0 Å². The van der Waals surface area contributed by atoms with Crippen LogP contribution in [0.1, 0.15) is 0 Å². The normalized spacial score (nSPS) is 14.1. The van der Waals surface area contributed by atoms with Gasteiger partial charge in [0.2, 0.25) is 0 Å². The summed E-state index contributed by atoms with van der Waals surface area (Å²) in [4.78, 5) is 20.8. The molecule has 0 rings (SSSR count). The Morgan fingerprint density at radius 2 is 1.00 bits per heavy atom. The highest BCUT2D eigenvalue weighted by Crippen LogP contribution is 2.35. The van der Waals surface area contributed by atoms with E-state index in [4.69, 9.17) is 10.2 Å². The van der Waals surface area contributed by atoms with E-state index in [0.717, 1.165) is 0 Å². The quantitative estimate of drug-likeness (QED) is 0.573. The van der Waals surface area contributed by atoms with Crippen molar-refractivity contribution < 1.29 is 46.1 Å². The van der Waals surface area contributed by atoms with Gasteiger partial charge in [0, 0.05) is 0 Å². The summed E-state index contributed by atoms with van der Waals surface area (Å²) >= 11 is 0. The minimum absolute atomic E-state index is 2.68. The second kappa shape index (κ2) is 5.27. The van der Waals surface area contributed by atoms with Crippen LogP contribution in [0.5, 0.6) is 0 Å². The van der Waals surface area contributed by atoms with E-state index in [1.54, 1.807) is 0 Å². The second-order valence-electron chi connectivity index (χ2n) is 3.04. The maximum absolute atomic E-state index is 12.8. The predicted octanol–water partition coefficient (Wildman–Crippen LogP) is 1.66. The Balaban J connectivity index is 6.26. The number of carboxylic acids is 2. The van der Waals surface area contributed by atoms with Crippen molar-refractivity contribution in [2.24, 2.45) is 0 Å². The SMILES string of the molecule is O=C(O)/C(=C(/C(=O)O)C(F)(F)CF)C(F)(F)CF. The molecule has 2 N–H and O–H groups in total. The van der Waals surface area contributed by atoms with Crippen LogP contribution in [0, 0.1) is 0 Å². The minimum Gasteiger partial charge on any atom is -0.478 e. The molecule has 0 aromatic heterocycles. The van der Waals surface area contributed by atoms with Crippen LogP contribution < -0.4 is 0 Å². The van der Waals surface area contributed by atoms with Crippen molar-refractivity contribution >= 4 is 11.9 Å². The molecule has 0 saturated carbocycles. The van der Waals surface area contributed by atoms with Gasteiger partial charge in [-0.25, -0.2) is 18.4 Å². The standard InChI is InChI=1S/C8H6F6O4/c9-1-7(11,12)3(5(15)16)4(6(17)18)8(13,14)2-10/h1-2H2,(H,15,16)(H,17,18)/b4-3+. The van der Waals surface area contributed by atoms with E-state index in [0.29, 0.717) is 0 Å². The van der Waals surface area contributed by atoms with Gasteiger partial charge in [-0.15, -0.1) is 0 Å². The van der Waals surface area contributed by atoms with E-state index in [1.807, 2.05) is 0 Å². The molecule has 0 amide bonds. The molecular formula is C8H6F6O4. The van der Waals surface area contributed by atoms with Crippen LogP contribution in [0.2, 0.25) is 0 Å². The molecule has 10 heteroatoms. The second-order valence-corrected chi connectivity index (χ2v) is 3.04. The van der Waals surface area contributed by atoms with Crippen LogP contribution in [0.15, 0.2) is 11.1 Å². The van der Waals surface area contributed by atoms with Crippen LogP contribution in [-0.2, 0) is 9.59 Å². The number of carboxylic acid groups (broad SMARTS) is 2. The zero-order valence-corrected chi connectivity index (χ0v) is 8.39. The van der Waals surface area contributed by atoms with Gasteiger partial charge in [0.25, 0.3) is 0 Å². The van der Waals surface area contributed by atoms with Gasteiger partial charge >= 0.3 is 23.8 Å². The first-order valence-electron chi connectivity index (χ1n) is 4.10. The third-order valence-corrected chi connectivity index (χ3v) is 1.74. The highest BCUT2D eigenvalue weighted by molar-refractivity contribution is 6.01. The van der Waals surface area contributed by atoms with E-state index in [-0.39, 0.29) is 0 Å². The molecule has 0 aromatic rings. The maximum atomic E-state index is 12.8. The van der Waals surface area contributed by atoms with Crippen molar-refractivity contribution in [3.05, 3.63) is 11.1 Å².